The van der Waals surface area contributed by atoms with Gasteiger partial charge in [0.1, 0.15) is 24.1 Å². The maximum Gasteiger partial charge on any atom is 0.351 e. The molecule has 0 amide bonds. The molecule has 0 spiro atoms. The summed E-state index contributed by atoms with van der Waals surface area (Å²) in [5.41, 5.74) is 3.57. The summed E-state index contributed by atoms with van der Waals surface area (Å²) in [5, 5.41) is 11.3. The van der Waals surface area contributed by atoms with E-state index in [0.717, 1.165) is 19.3 Å². The predicted molar refractivity (Wildman–Crippen MR) is 158 cm³/mol. The number of rotatable bonds is 7. The van der Waals surface area contributed by atoms with Crippen molar-refractivity contribution >= 4 is 43.0 Å². The van der Waals surface area contributed by atoms with Crippen molar-refractivity contribution < 1.29 is 23.3 Å². The largest absolute Gasteiger partial charge is 0.408 e. The number of anilines is 1. The molecular weight excluding hydrogens is 561 g/mol. The molecule has 214 valence electrons. The molecule has 13 heteroatoms. The van der Waals surface area contributed by atoms with Crippen molar-refractivity contribution in [3.8, 4) is 0 Å². The minimum absolute atomic E-state index is 0.00956. The Morgan fingerprint density at radius 2 is 2.16 bits per heavy atom. The van der Waals surface area contributed by atoms with Crippen LogP contribution in [0.1, 0.15) is 60.1 Å². The number of aromatic nitrogens is 2. The summed E-state index contributed by atoms with van der Waals surface area (Å²) < 4.78 is 26.9. The van der Waals surface area contributed by atoms with Gasteiger partial charge in [-0.05, 0) is 75.0 Å². The van der Waals surface area contributed by atoms with Gasteiger partial charge in [-0.15, -0.1) is 0 Å². The smallest absolute Gasteiger partial charge is 0.351 e. The van der Waals surface area contributed by atoms with Crippen molar-refractivity contribution in [3.05, 3.63) is 34.9 Å². The first-order valence-corrected chi connectivity index (χ1v) is 20.1. The van der Waals surface area contributed by atoms with E-state index in [1.807, 2.05) is 0 Å². The molecular formula is C25H42N3O6PS2Si. The SMILES string of the molecule is C=C(C)[C@H]1CC[C@@]2(C)S[P@](=S)(OC[C@H]3O[C@@H](n4ccc(N)nc4=O)[C@H](O)C3O[Si](C)(C)C(C)(C)C)O[C@@H]2C1. The lowest BCUT2D eigenvalue weighted by atomic mass is 9.77. The van der Waals surface area contributed by atoms with E-state index in [2.05, 4.69) is 59.3 Å². The number of aliphatic hydroxyl groups excluding tert-OH is 1. The van der Waals surface area contributed by atoms with Crippen LogP contribution in [-0.2, 0) is 30.0 Å². The molecule has 2 aliphatic heterocycles. The molecule has 0 bridgehead atoms. The van der Waals surface area contributed by atoms with Gasteiger partial charge in [-0.1, -0.05) is 44.3 Å². The number of fused-ring (bicyclic) bond motifs is 1. The summed E-state index contributed by atoms with van der Waals surface area (Å²) >= 11 is 7.60. The number of aliphatic hydroxyl groups is 1. The Morgan fingerprint density at radius 3 is 2.76 bits per heavy atom. The number of allylic oxidation sites excluding steroid dienone is 1. The molecule has 1 aromatic rings. The molecule has 9 nitrogen and oxygen atoms in total. The van der Waals surface area contributed by atoms with Crippen LogP contribution in [0.2, 0.25) is 18.1 Å². The third-order valence-corrected chi connectivity index (χ3v) is 18.8. The topological polar surface area (TPSA) is 118 Å². The second-order valence-corrected chi connectivity index (χ2v) is 23.9. The van der Waals surface area contributed by atoms with E-state index in [-0.39, 0.29) is 28.3 Å². The second-order valence-electron chi connectivity index (χ2n) is 12.5. The van der Waals surface area contributed by atoms with Gasteiger partial charge < -0.3 is 29.1 Å². The van der Waals surface area contributed by atoms with E-state index in [4.69, 9.17) is 35.8 Å². The molecule has 3 heterocycles. The standard InChI is InChI=1S/C25H42N3O6PS2Si/c1-15(2)16-9-11-25(6)18(13-16)33-35(36,37-25)31-14-17-21(34-38(7,8)24(3,4)5)20(29)22(32-17)28-12-10-19(26)27-23(28)30/h10,12,16-18,20-22,29H,1,9,11,13-14H2,2-8H3,(H2,26,27,30)/t16-,17+,18+,20+,21?,22+,25+,35+/m0/s1. The van der Waals surface area contributed by atoms with Crippen LogP contribution >= 0.6 is 17.1 Å². The molecule has 1 saturated carbocycles. The Morgan fingerprint density at radius 1 is 1.47 bits per heavy atom. The summed E-state index contributed by atoms with van der Waals surface area (Å²) in [6.07, 6.45) is 0.961. The van der Waals surface area contributed by atoms with Crippen LogP contribution in [0.15, 0.2) is 29.2 Å². The molecule has 38 heavy (non-hydrogen) atoms. The van der Waals surface area contributed by atoms with Crippen LogP contribution in [0.3, 0.4) is 0 Å². The summed E-state index contributed by atoms with van der Waals surface area (Å²) in [5.74, 6) is 0.531. The van der Waals surface area contributed by atoms with E-state index in [1.54, 1.807) is 11.4 Å². The lowest BCUT2D eigenvalue weighted by Gasteiger charge is -2.40. The number of ether oxygens (including phenoxy) is 1. The van der Waals surface area contributed by atoms with Gasteiger partial charge in [-0.2, -0.15) is 4.98 Å². The lowest BCUT2D eigenvalue weighted by molar-refractivity contribution is -0.0516. The quantitative estimate of drug-likeness (QED) is 0.251. The molecule has 2 saturated heterocycles. The van der Waals surface area contributed by atoms with E-state index in [9.17, 15) is 9.90 Å². The number of hydrogen-bond acceptors (Lipinski definition) is 10. The molecule has 1 aliphatic carbocycles. The van der Waals surface area contributed by atoms with Crippen LogP contribution in [0.4, 0.5) is 5.82 Å². The molecule has 3 fully saturated rings. The normalized spacial score (nSPS) is 37.8. The molecule has 0 radical (unpaired) electrons. The third kappa shape index (κ3) is 6.04. The number of nitrogen functional groups attached to an aromatic ring is 1. The van der Waals surface area contributed by atoms with Crippen molar-refractivity contribution in [3.63, 3.8) is 0 Å². The van der Waals surface area contributed by atoms with Gasteiger partial charge in [-0.25, -0.2) is 4.79 Å². The Labute approximate surface area is 235 Å². The van der Waals surface area contributed by atoms with E-state index < -0.39 is 44.2 Å². The third-order valence-electron chi connectivity index (χ3n) is 8.51. The van der Waals surface area contributed by atoms with Crippen molar-refractivity contribution in [2.24, 2.45) is 5.92 Å². The summed E-state index contributed by atoms with van der Waals surface area (Å²) in [6.45, 7) is 19.1. The monoisotopic (exact) mass is 603 g/mol. The first-order chi connectivity index (χ1) is 17.4. The van der Waals surface area contributed by atoms with Gasteiger partial charge in [0.2, 0.25) is 5.69 Å². The van der Waals surface area contributed by atoms with Gasteiger partial charge in [0.05, 0.1) is 12.7 Å². The molecule has 3 N–H and O–H groups in total. The summed E-state index contributed by atoms with van der Waals surface area (Å²) in [4.78, 5) is 16.4. The maximum absolute atomic E-state index is 12.6. The van der Waals surface area contributed by atoms with Gasteiger partial charge >= 0.3 is 5.69 Å². The minimum atomic E-state index is -2.67. The second kappa shape index (κ2) is 10.7. The Bertz CT molecular complexity index is 1180. The van der Waals surface area contributed by atoms with Gasteiger partial charge in [0.25, 0.3) is 0 Å². The van der Waals surface area contributed by atoms with Crippen molar-refractivity contribution in [1.29, 1.82) is 0 Å². The minimum Gasteiger partial charge on any atom is -0.408 e. The fraction of sp³-hybridized carbons (Fsp3) is 0.760. The fourth-order valence-corrected chi connectivity index (χ4v) is 13.4. The van der Waals surface area contributed by atoms with E-state index in [1.165, 1.54) is 22.4 Å². The van der Waals surface area contributed by atoms with Crippen molar-refractivity contribution in [2.45, 2.75) is 107 Å². The highest BCUT2D eigenvalue weighted by Gasteiger charge is 2.55. The van der Waals surface area contributed by atoms with Crippen LogP contribution in [0, 0.1) is 5.92 Å². The zero-order valence-electron chi connectivity index (χ0n) is 23.4. The summed E-state index contributed by atoms with van der Waals surface area (Å²) in [7, 11) is -2.32. The van der Waals surface area contributed by atoms with Gasteiger partial charge in [0.15, 0.2) is 14.5 Å². The van der Waals surface area contributed by atoms with Crippen molar-refractivity contribution in [2.75, 3.05) is 12.3 Å². The zero-order chi connectivity index (χ0) is 28.3. The Kier molecular flexibility index (Phi) is 8.55. The molecule has 1 unspecified atom stereocenters. The maximum atomic E-state index is 12.6. The van der Waals surface area contributed by atoms with Crippen molar-refractivity contribution in [1.82, 2.24) is 9.55 Å². The fourth-order valence-electron chi connectivity index (χ4n) is 4.97. The molecule has 3 aliphatic rings. The number of hydrogen-bond donors (Lipinski definition) is 2. The van der Waals surface area contributed by atoms with Crippen LogP contribution < -0.4 is 11.4 Å². The Balaban J connectivity index is 1.55. The highest BCUT2D eigenvalue weighted by molar-refractivity contribution is 8.68. The molecule has 8 atom stereocenters. The van der Waals surface area contributed by atoms with Gasteiger partial charge in [0, 0.05) is 10.9 Å². The molecule has 0 aromatic carbocycles. The first-order valence-electron chi connectivity index (χ1n) is 13.1. The Hall–Kier alpha value is -0.563. The predicted octanol–water partition coefficient (Wildman–Crippen LogP) is 4.98. The zero-order valence-corrected chi connectivity index (χ0v) is 26.9. The van der Waals surface area contributed by atoms with Crippen LogP contribution in [0.5, 0.6) is 0 Å². The summed E-state index contributed by atoms with van der Waals surface area (Å²) in [6, 6.07) is 1.50. The van der Waals surface area contributed by atoms with E-state index >= 15 is 0 Å². The lowest BCUT2D eigenvalue weighted by Crippen LogP contribution is -2.50. The average Bonchev–Trinajstić information content (AvgIpc) is 3.23. The molecule has 4 rings (SSSR count). The average molecular weight is 604 g/mol. The highest BCUT2D eigenvalue weighted by Crippen LogP contribution is 2.75. The van der Waals surface area contributed by atoms with E-state index in [0.29, 0.717) is 5.92 Å². The molecule has 1 aromatic heterocycles. The number of nitrogens with two attached hydrogens (primary N) is 1. The highest BCUT2D eigenvalue weighted by atomic mass is 32.9. The first kappa shape index (κ1) is 30.4. The van der Waals surface area contributed by atoms with Crippen LogP contribution in [-0.4, -0.2) is 58.7 Å². The van der Waals surface area contributed by atoms with Gasteiger partial charge in [-0.3, -0.25) is 4.57 Å². The van der Waals surface area contributed by atoms with Crippen LogP contribution in [0.25, 0.3) is 0 Å². The number of nitrogens with zero attached hydrogens (tertiary/aromatic N) is 2.